The van der Waals surface area contributed by atoms with E-state index in [9.17, 15) is 0 Å². The molecular weight excluding hydrogens is 343 g/mol. The molecule has 4 nitrogen and oxygen atoms in total. The molecule has 0 atom stereocenters. The van der Waals surface area contributed by atoms with Gasteiger partial charge in [0.1, 0.15) is 5.02 Å². The molecule has 1 aromatic heterocycles. The van der Waals surface area contributed by atoms with Gasteiger partial charge in [0, 0.05) is 17.1 Å². The molecule has 1 aromatic carbocycles. The number of hydrogen-bond acceptors (Lipinski definition) is 4. The SMILES string of the molecule is CN(C)CCCNc1nc(-c2ccc(Cl)cc2)nc(Cl)c1Cl. The lowest BCUT2D eigenvalue weighted by Crippen LogP contribution is -2.17. The lowest BCUT2D eigenvalue weighted by Gasteiger charge is -2.12. The lowest BCUT2D eigenvalue weighted by molar-refractivity contribution is 0.405. The topological polar surface area (TPSA) is 41.0 Å². The van der Waals surface area contributed by atoms with Crippen LogP contribution in [0.3, 0.4) is 0 Å². The predicted molar refractivity (Wildman–Crippen MR) is 94.2 cm³/mol. The van der Waals surface area contributed by atoms with Gasteiger partial charge in [-0.1, -0.05) is 34.8 Å². The Hall–Kier alpha value is -1.07. The fourth-order valence-corrected chi connectivity index (χ4v) is 2.31. The van der Waals surface area contributed by atoms with E-state index in [1.54, 1.807) is 12.1 Å². The molecule has 1 heterocycles. The third-order valence-electron chi connectivity index (χ3n) is 2.99. The van der Waals surface area contributed by atoms with Crippen LogP contribution in [-0.4, -0.2) is 42.1 Å². The third kappa shape index (κ3) is 4.71. The first-order valence-electron chi connectivity index (χ1n) is 6.85. The highest BCUT2D eigenvalue weighted by atomic mass is 35.5. The summed E-state index contributed by atoms with van der Waals surface area (Å²) < 4.78 is 0. The van der Waals surface area contributed by atoms with Crippen molar-refractivity contribution < 1.29 is 0 Å². The number of nitrogens with one attached hydrogen (secondary N) is 1. The van der Waals surface area contributed by atoms with Gasteiger partial charge in [0.15, 0.2) is 16.8 Å². The molecule has 0 bridgehead atoms. The molecule has 0 spiro atoms. The zero-order valence-electron chi connectivity index (χ0n) is 12.4. The third-order valence-corrected chi connectivity index (χ3v) is 3.97. The van der Waals surface area contributed by atoms with E-state index in [1.165, 1.54) is 0 Å². The summed E-state index contributed by atoms with van der Waals surface area (Å²) in [5.74, 6) is 1.06. The van der Waals surface area contributed by atoms with Crippen molar-refractivity contribution in [3.8, 4) is 11.4 Å². The van der Waals surface area contributed by atoms with Crippen LogP contribution in [0.25, 0.3) is 11.4 Å². The maximum Gasteiger partial charge on any atom is 0.163 e. The predicted octanol–water partition coefficient (Wildman–Crippen LogP) is 4.47. The first kappa shape index (κ1) is 17.3. The summed E-state index contributed by atoms with van der Waals surface area (Å²) in [5.41, 5.74) is 0.833. The minimum atomic E-state index is 0.233. The second-order valence-corrected chi connectivity index (χ2v) is 6.26. The second kappa shape index (κ2) is 7.97. The highest BCUT2D eigenvalue weighted by molar-refractivity contribution is 6.42. The van der Waals surface area contributed by atoms with E-state index in [-0.39, 0.29) is 5.15 Å². The molecule has 0 aliphatic heterocycles. The van der Waals surface area contributed by atoms with Gasteiger partial charge in [0.25, 0.3) is 0 Å². The molecule has 118 valence electrons. The molecule has 0 saturated carbocycles. The van der Waals surface area contributed by atoms with Crippen LogP contribution in [-0.2, 0) is 0 Å². The van der Waals surface area contributed by atoms with E-state index in [0.29, 0.717) is 21.7 Å². The van der Waals surface area contributed by atoms with E-state index in [2.05, 4.69) is 20.2 Å². The van der Waals surface area contributed by atoms with E-state index in [4.69, 9.17) is 34.8 Å². The first-order valence-corrected chi connectivity index (χ1v) is 7.98. The zero-order chi connectivity index (χ0) is 16.1. The average molecular weight is 360 g/mol. The Labute approximate surface area is 145 Å². The standard InChI is InChI=1S/C15H17Cl3N4/c1-22(2)9-3-8-19-15-12(17)13(18)20-14(21-15)10-4-6-11(16)7-5-10/h4-7H,3,8-9H2,1-2H3,(H,19,20,21). The summed E-state index contributed by atoms with van der Waals surface area (Å²) in [6.07, 6.45) is 0.973. The Bertz CT molecular complexity index is 629. The van der Waals surface area contributed by atoms with Gasteiger partial charge < -0.3 is 10.2 Å². The minimum Gasteiger partial charge on any atom is -0.369 e. The van der Waals surface area contributed by atoms with Gasteiger partial charge in [0.2, 0.25) is 0 Å². The number of benzene rings is 1. The Morgan fingerprint density at radius 1 is 1.05 bits per heavy atom. The van der Waals surface area contributed by atoms with Gasteiger partial charge in [0.05, 0.1) is 0 Å². The number of hydrogen-bond donors (Lipinski definition) is 1. The first-order chi connectivity index (χ1) is 10.5. The summed E-state index contributed by atoms with van der Waals surface area (Å²) in [4.78, 5) is 10.8. The fraction of sp³-hybridized carbons (Fsp3) is 0.333. The maximum atomic E-state index is 6.17. The lowest BCUT2D eigenvalue weighted by atomic mass is 10.2. The smallest absolute Gasteiger partial charge is 0.163 e. The largest absolute Gasteiger partial charge is 0.369 e. The molecule has 0 saturated heterocycles. The normalized spacial score (nSPS) is 11.0. The summed E-state index contributed by atoms with van der Waals surface area (Å²) in [7, 11) is 4.07. The molecule has 7 heteroatoms. The molecular formula is C15H17Cl3N4. The van der Waals surface area contributed by atoms with Crippen LogP contribution < -0.4 is 5.32 Å². The van der Waals surface area contributed by atoms with Gasteiger partial charge in [-0.2, -0.15) is 0 Å². The fourth-order valence-electron chi connectivity index (χ4n) is 1.87. The highest BCUT2D eigenvalue weighted by Gasteiger charge is 2.12. The van der Waals surface area contributed by atoms with Crippen LogP contribution in [0.5, 0.6) is 0 Å². The summed E-state index contributed by atoms with van der Waals surface area (Å²) in [5, 5.41) is 4.44. The van der Waals surface area contributed by atoms with Gasteiger partial charge in [-0.3, -0.25) is 0 Å². The Morgan fingerprint density at radius 2 is 1.73 bits per heavy atom. The van der Waals surface area contributed by atoms with Gasteiger partial charge >= 0.3 is 0 Å². The second-order valence-electron chi connectivity index (χ2n) is 5.09. The van der Waals surface area contributed by atoms with Crippen molar-refractivity contribution in [2.24, 2.45) is 0 Å². The van der Waals surface area contributed by atoms with Crippen molar-refractivity contribution in [1.82, 2.24) is 14.9 Å². The Kier molecular flexibility index (Phi) is 6.26. The quantitative estimate of drug-likeness (QED) is 0.610. The summed E-state index contributed by atoms with van der Waals surface area (Å²) in [6.45, 7) is 1.73. The molecule has 2 rings (SSSR count). The molecule has 1 N–H and O–H groups in total. The average Bonchev–Trinajstić information content (AvgIpc) is 2.48. The number of nitrogens with zero attached hydrogens (tertiary/aromatic N) is 3. The minimum absolute atomic E-state index is 0.233. The van der Waals surface area contributed by atoms with E-state index in [1.807, 2.05) is 26.2 Å². The Balaban J connectivity index is 2.17. The number of anilines is 1. The van der Waals surface area contributed by atoms with Crippen LogP contribution >= 0.6 is 34.8 Å². The van der Waals surface area contributed by atoms with E-state index < -0.39 is 0 Å². The van der Waals surface area contributed by atoms with Crippen LogP contribution in [0.15, 0.2) is 24.3 Å². The molecule has 0 fully saturated rings. The van der Waals surface area contributed by atoms with Crippen molar-refractivity contribution in [3.05, 3.63) is 39.5 Å². The van der Waals surface area contributed by atoms with Gasteiger partial charge in [-0.25, -0.2) is 9.97 Å². The molecule has 0 radical (unpaired) electrons. The maximum absolute atomic E-state index is 6.17. The number of rotatable bonds is 6. The number of aromatic nitrogens is 2. The Morgan fingerprint density at radius 3 is 2.36 bits per heavy atom. The van der Waals surface area contributed by atoms with Crippen LogP contribution in [0.2, 0.25) is 15.2 Å². The highest BCUT2D eigenvalue weighted by Crippen LogP contribution is 2.30. The molecule has 0 amide bonds. The van der Waals surface area contributed by atoms with E-state index >= 15 is 0 Å². The van der Waals surface area contributed by atoms with E-state index in [0.717, 1.165) is 25.1 Å². The van der Waals surface area contributed by atoms with Crippen molar-refractivity contribution in [2.75, 3.05) is 32.5 Å². The van der Waals surface area contributed by atoms with Crippen LogP contribution in [0, 0.1) is 0 Å². The van der Waals surface area contributed by atoms with Crippen molar-refractivity contribution in [2.45, 2.75) is 6.42 Å². The number of halogens is 3. The van der Waals surface area contributed by atoms with Crippen molar-refractivity contribution in [1.29, 1.82) is 0 Å². The summed E-state index contributed by atoms with van der Waals surface area (Å²) in [6, 6.07) is 7.26. The zero-order valence-corrected chi connectivity index (χ0v) is 14.7. The molecule has 0 aliphatic carbocycles. The molecule has 0 aliphatic rings. The summed E-state index contributed by atoms with van der Waals surface area (Å²) >= 11 is 18.2. The monoisotopic (exact) mass is 358 g/mol. The van der Waals surface area contributed by atoms with Crippen LogP contribution in [0.1, 0.15) is 6.42 Å². The molecule has 22 heavy (non-hydrogen) atoms. The van der Waals surface area contributed by atoms with Gasteiger partial charge in [-0.15, -0.1) is 0 Å². The van der Waals surface area contributed by atoms with Crippen molar-refractivity contribution in [3.63, 3.8) is 0 Å². The van der Waals surface area contributed by atoms with Gasteiger partial charge in [-0.05, 0) is 51.3 Å². The molecule has 2 aromatic rings. The molecule has 0 unspecified atom stereocenters. The van der Waals surface area contributed by atoms with Crippen LogP contribution in [0.4, 0.5) is 5.82 Å². The van der Waals surface area contributed by atoms with Crippen molar-refractivity contribution >= 4 is 40.6 Å².